The van der Waals surface area contributed by atoms with E-state index in [4.69, 9.17) is 33.5 Å². The molecule has 6 rings (SSSR count). The van der Waals surface area contributed by atoms with Crippen LogP contribution in [0.25, 0.3) is 22.4 Å². The number of halogens is 5. The third-order valence-electron chi connectivity index (χ3n) is 8.64. The second kappa shape index (κ2) is 21.4. The van der Waals surface area contributed by atoms with Crippen LogP contribution in [0.2, 0.25) is 10.0 Å². The number of hydrogen-bond acceptors (Lipinski definition) is 12. The van der Waals surface area contributed by atoms with Crippen molar-refractivity contribution in [3.63, 3.8) is 0 Å². The van der Waals surface area contributed by atoms with Gasteiger partial charge in [-0.15, -0.1) is 0 Å². The Morgan fingerprint density at radius 1 is 0.672 bits per heavy atom. The highest BCUT2D eigenvalue weighted by Crippen LogP contribution is 2.31. The lowest BCUT2D eigenvalue weighted by atomic mass is 10.1. The lowest BCUT2D eigenvalue weighted by molar-refractivity contribution is -0.116. The molecule has 0 saturated carbocycles. The van der Waals surface area contributed by atoms with E-state index in [2.05, 4.69) is 35.9 Å². The van der Waals surface area contributed by atoms with Gasteiger partial charge in [-0.05, 0) is 66.1 Å². The summed E-state index contributed by atoms with van der Waals surface area (Å²) in [6.07, 6.45) is 0.639. The zero-order valence-electron chi connectivity index (χ0n) is 33.5. The Morgan fingerprint density at radius 3 is 1.66 bits per heavy atom. The molecule has 8 N–H and O–H groups in total. The van der Waals surface area contributed by atoms with Crippen molar-refractivity contribution in [3.05, 3.63) is 131 Å². The van der Waals surface area contributed by atoms with Gasteiger partial charge >= 0.3 is 6.18 Å². The maximum atomic E-state index is 12.4. The van der Waals surface area contributed by atoms with E-state index in [1.807, 2.05) is 12.2 Å². The molecule has 0 fully saturated rings. The van der Waals surface area contributed by atoms with Crippen molar-refractivity contribution in [1.82, 2.24) is 19.9 Å². The van der Waals surface area contributed by atoms with Crippen LogP contribution in [0.3, 0.4) is 0 Å². The molecule has 0 aliphatic carbocycles. The summed E-state index contributed by atoms with van der Waals surface area (Å²) in [5.74, 6) is -0.679. The molecule has 2 aromatic heterocycles. The summed E-state index contributed by atoms with van der Waals surface area (Å²) < 4.78 is 86.1. The number of anilines is 4. The van der Waals surface area contributed by atoms with Gasteiger partial charge in [-0.3, -0.25) is 9.59 Å². The number of benzene rings is 4. The smallest absolute Gasteiger partial charge is 0.354 e. The summed E-state index contributed by atoms with van der Waals surface area (Å²) in [5, 5.41) is 22.0. The molecule has 0 bridgehead atoms. The van der Waals surface area contributed by atoms with Crippen LogP contribution in [-0.4, -0.2) is 67.9 Å². The lowest BCUT2D eigenvalue weighted by Gasteiger charge is -2.13. The van der Waals surface area contributed by atoms with Gasteiger partial charge in [0.2, 0.25) is 43.8 Å². The Kier molecular flexibility index (Phi) is 16.3. The minimum absolute atomic E-state index is 0.0210. The van der Waals surface area contributed by atoms with Gasteiger partial charge in [0.25, 0.3) is 0 Å². The summed E-state index contributed by atoms with van der Waals surface area (Å²) in [6, 6.07) is 23.4. The first-order chi connectivity index (χ1) is 30.2. The number of sulfonamides is 2. The van der Waals surface area contributed by atoms with E-state index in [0.717, 1.165) is 19.0 Å². The van der Waals surface area contributed by atoms with Crippen LogP contribution >= 0.6 is 23.2 Å². The van der Waals surface area contributed by atoms with Crippen LogP contribution in [0, 0.1) is 0 Å². The molecule has 0 radical (unpaired) electrons. The van der Waals surface area contributed by atoms with Crippen LogP contribution in [0.4, 0.5) is 36.4 Å². The van der Waals surface area contributed by atoms with E-state index in [1.54, 1.807) is 60.7 Å². The summed E-state index contributed by atoms with van der Waals surface area (Å²) in [6.45, 7) is 1.38. The zero-order chi connectivity index (χ0) is 46.7. The van der Waals surface area contributed by atoms with Crippen LogP contribution in [0.15, 0.2) is 119 Å². The molecule has 0 unspecified atom stereocenters. The fraction of sp³-hybridized carbons (Fsp3) is 0.171. The predicted octanol–water partition coefficient (Wildman–Crippen LogP) is 7.05. The van der Waals surface area contributed by atoms with Gasteiger partial charge in [0.05, 0.1) is 28.3 Å². The molecule has 64 heavy (non-hydrogen) atoms. The van der Waals surface area contributed by atoms with Crippen molar-refractivity contribution >= 4 is 78.3 Å². The predicted molar refractivity (Wildman–Crippen MR) is 239 cm³/mol. The molecular formula is C41H39Cl2F3N10O6S2. The number of alkyl halides is 3. The van der Waals surface area contributed by atoms with Crippen molar-refractivity contribution in [2.24, 2.45) is 10.3 Å². The Bertz CT molecular complexity index is 2860. The van der Waals surface area contributed by atoms with Crippen LogP contribution in [0.1, 0.15) is 24.5 Å². The average molecular weight is 960 g/mol. The second-order valence-electron chi connectivity index (χ2n) is 13.6. The monoisotopic (exact) mass is 958 g/mol. The molecule has 16 nitrogen and oxygen atoms in total. The zero-order valence-corrected chi connectivity index (χ0v) is 36.7. The molecule has 0 saturated heterocycles. The van der Waals surface area contributed by atoms with Gasteiger partial charge in [-0.2, -0.15) is 13.2 Å². The topological polar surface area (TPSA) is 254 Å². The van der Waals surface area contributed by atoms with E-state index in [9.17, 15) is 39.6 Å². The van der Waals surface area contributed by atoms with Crippen molar-refractivity contribution in [1.29, 1.82) is 0 Å². The third kappa shape index (κ3) is 14.4. The van der Waals surface area contributed by atoms with E-state index in [1.165, 1.54) is 42.9 Å². The van der Waals surface area contributed by atoms with Gasteiger partial charge in [0, 0.05) is 63.2 Å². The Morgan fingerprint density at radius 2 is 1.17 bits per heavy atom. The average Bonchev–Trinajstić information content (AvgIpc) is 3.23. The minimum atomic E-state index is -4.49. The molecule has 0 atom stereocenters. The van der Waals surface area contributed by atoms with Gasteiger partial charge in [0.15, 0.2) is 0 Å². The third-order valence-corrected chi connectivity index (χ3v) is 11.3. The lowest BCUT2D eigenvalue weighted by Crippen LogP contribution is -2.22. The molecule has 2 amide bonds. The molecule has 0 aliphatic heterocycles. The van der Waals surface area contributed by atoms with Crippen molar-refractivity contribution in [3.8, 4) is 22.4 Å². The molecule has 23 heteroatoms. The molecule has 0 aliphatic rings. The number of carbonyl (C=O) groups is 2. The highest BCUT2D eigenvalue weighted by Gasteiger charge is 2.27. The number of hydrogen-bond donors (Lipinski definition) is 6. The van der Waals surface area contributed by atoms with Crippen LogP contribution < -0.4 is 31.5 Å². The number of primary sulfonamides is 2. The Hall–Kier alpha value is -6.23. The maximum absolute atomic E-state index is 12.4. The van der Waals surface area contributed by atoms with Crippen molar-refractivity contribution in [2.75, 3.05) is 34.4 Å². The number of aromatic nitrogens is 4. The fourth-order valence-electron chi connectivity index (χ4n) is 5.73. The fourth-order valence-corrected chi connectivity index (χ4v) is 7.69. The van der Waals surface area contributed by atoms with Crippen molar-refractivity contribution in [2.45, 2.75) is 42.2 Å². The normalized spacial score (nSPS) is 11.5. The molecule has 336 valence electrons. The standard InChI is InChI=1S/C21H22ClN5O3S.C20H17ClF3N5O3S/c1-2-9-24-21-25-12-15(13-26-21)17-8-7-16(11-19(17)31(23,29)30)27-20(28)10-14-5-3-4-6-18(14)22;21-15-4-2-1-3-12(15)9-18(30)28-13-5-6-14(17(10-13)33(25,31)32)16-7-8-26-19(29-16)27-11-20(22,23)24/h3-8,11-13H,2,9-10H2,1H3,(H,27,28)(H2,23,29,30)(H,24,25,26);1-8,10H,9,11H2,(H,28,30)(H2,25,31,32)(H,26,27,29). The molecule has 6 aromatic rings. The number of amides is 2. The first-order valence-corrected chi connectivity index (χ1v) is 22.7. The highest BCUT2D eigenvalue weighted by molar-refractivity contribution is 7.89. The highest BCUT2D eigenvalue weighted by atomic mass is 35.5. The first kappa shape index (κ1) is 48.8. The van der Waals surface area contributed by atoms with Gasteiger partial charge in [-0.25, -0.2) is 47.0 Å². The Balaban J connectivity index is 0.000000241. The largest absolute Gasteiger partial charge is 0.405 e. The SMILES string of the molecule is CCCNc1ncc(-c2ccc(NC(=O)Cc3ccccc3Cl)cc2S(N)(=O)=O)cn1.NS(=O)(=O)c1cc(NC(=O)Cc2ccccc2Cl)ccc1-c1ccnc(NCC(F)(F)F)n1. The first-order valence-electron chi connectivity index (χ1n) is 18.8. The maximum Gasteiger partial charge on any atom is 0.405 e. The molecule has 0 spiro atoms. The summed E-state index contributed by atoms with van der Waals surface area (Å²) >= 11 is 12.1. The molecule has 2 heterocycles. The van der Waals surface area contributed by atoms with E-state index in [0.29, 0.717) is 43.9 Å². The van der Waals surface area contributed by atoms with Crippen LogP contribution in [0.5, 0.6) is 0 Å². The van der Waals surface area contributed by atoms with Crippen LogP contribution in [-0.2, 0) is 42.5 Å². The van der Waals surface area contributed by atoms with E-state index >= 15 is 0 Å². The number of carbonyl (C=O) groups excluding carboxylic acids is 2. The summed E-state index contributed by atoms with van der Waals surface area (Å²) in [7, 11) is -8.36. The van der Waals surface area contributed by atoms with E-state index < -0.39 is 38.7 Å². The number of nitrogens with one attached hydrogen (secondary N) is 4. The van der Waals surface area contributed by atoms with Gasteiger partial charge in [-0.1, -0.05) is 72.6 Å². The minimum Gasteiger partial charge on any atom is -0.354 e. The number of rotatable bonds is 15. The molecular weight excluding hydrogens is 921 g/mol. The second-order valence-corrected chi connectivity index (χ2v) is 17.5. The quantitative estimate of drug-likeness (QED) is 0.0606. The Labute approximate surface area is 376 Å². The van der Waals surface area contributed by atoms with E-state index in [-0.39, 0.29) is 51.4 Å². The number of nitrogens with zero attached hydrogens (tertiary/aromatic N) is 4. The summed E-state index contributed by atoms with van der Waals surface area (Å²) in [4.78, 5) is 40.3. The summed E-state index contributed by atoms with van der Waals surface area (Å²) in [5.41, 5.74) is 2.57. The van der Waals surface area contributed by atoms with Crippen molar-refractivity contribution < 1.29 is 39.6 Å². The van der Waals surface area contributed by atoms with Gasteiger partial charge < -0.3 is 21.3 Å². The number of nitrogens with two attached hydrogens (primary N) is 2. The molecule has 4 aromatic carbocycles. The van der Waals surface area contributed by atoms with Gasteiger partial charge in [0.1, 0.15) is 6.54 Å².